The van der Waals surface area contributed by atoms with Crippen molar-refractivity contribution in [1.29, 1.82) is 0 Å². The topological polar surface area (TPSA) is 123 Å². The Labute approximate surface area is 327 Å². The third-order valence-electron chi connectivity index (χ3n) is 7.81. The van der Waals surface area contributed by atoms with Gasteiger partial charge in [0.25, 0.3) is 0 Å². The van der Waals surface area contributed by atoms with Crippen LogP contribution in [0.2, 0.25) is 0 Å². The zero-order valence-electron chi connectivity index (χ0n) is 27.4. The first kappa shape index (κ1) is 38.5. The molecule has 0 fully saturated rings. The minimum Gasteiger partial charge on any atom is -1.00 e. The maximum Gasteiger partial charge on any atom is 0.189 e. The van der Waals surface area contributed by atoms with E-state index in [2.05, 4.69) is 31.9 Å². The first-order valence-electron chi connectivity index (χ1n) is 15.3. The quantitative estimate of drug-likeness (QED) is 0.146. The summed E-state index contributed by atoms with van der Waals surface area (Å²) < 4.78 is 0. The van der Waals surface area contributed by atoms with Crippen LogP contribution in [0.3, 0.4) is 0 Å². The number of carbonyl (C=O) groups is 3. The van der Waals surface area contributed by atoms with Gasteiger partial charge in [-0.25, -0.2) is 0 Å². The summed E-state index contributed by atoms with van der Waals surface area (Å²) in [6.45, 7) is 0. The van der Waals surface area contributed by atoms with E-state index in [9.17, 15) is 14.4 Å². The predicted octanol–water partition coefficient (Wildman–Crippen LogP) is 4.29. The Morgan fingerprint density at radius 3 is 0.706 bits per heavy atom. The molecule has 3 aliphatic carbocycles. The number of benzene rings is 3. The number of fused-ring (bicyclic) bond motifs is 3. The standard InChI is InChI=1S/3C13H10N2O.ClH.2Zn/c3*16-12-8-4-1-5-9(12)13-14-10-6-2-3-7-11(10)15-13;;;/h3*1-8,14-15H;1H;;/p-1. The number of nitrogens with one attached hydrogen (secondary N) is 6. The molecule has 0 spiro atoms. The molecule has 6 aliphatic rings. The van der Waals surface area contributed by atoms with E-state index < -0.39 is 0 Å². The molecule has 3 aromatic carbocycles. The Morgan fingerprint density at radius 2 is 0.510 bits per heavy atom. The van der Waals surface area contributed by atoms with Gasteiger partial charge >= 0.3 is 0 Å². The van der Waals surface area contributed by atoms with E-state index in [0.29, 0.717) is 16.7 Å². The van der Waals surface area contributed by atoms with Crippen LogP contribution in [0.5, 0.6) is 0 Å². The minimum absolute atomic E-state index is 0. The minimum atomic E-state index is 0. The van der Waals surface area contributed by atoms with Crippen LogP contribution in [0.15, 0.2) is 180 Å². The van der Waals surface area contributed by atoms with Crippen molar-refractivity contribution in [1.82, 2.24) is 0 Å². The second-order valence-corrected chi connectivity index (χ2v) is 11.0. The van der Waals surface area contributed by atoms with Crippen molar-refractivity contribution >= 4 is 51.5 Å². The SMILES string of the molecule is O=C1C=CC=CC1=C1Nc2ccccc2N1.O=C1C=CC=CC1=C1Nc2ccccc2N1.O=C1C=CC=CC1=C1Nc2ccccc2N1.[Cl-].[Zn].[Zn]. The summed E-state index contributed by atoms with van der Waals surface area (Å²) >= 11 is 0. The van der Waals surface area contributed by atoms with Gasteiger partial charge in [0.05, 0.1) is 50.8 Å². The number of halogens is 1. The molecule has 3 aromatic rings. The average Bonchev–Trinajstić information content (AvgIpc) is 3.86. The van der Waals surface area contributed by atoms with Gasteiger partial charge in [-0.15, -0.1) is 0 Å². The molecule has 9 rings (SSSR count). The van der Waals surface area contributed by atoms with Crippen molar-refractivity contribution in [2.75, 3.05) is 31.9 Å². The van der Waals surface area contributed by atoms with Crippen molar-refractivity contribution in [3.05, 3.63) is 180 Å². The number of carbonyl (C=O) groups excluding carboxylic acids is 3. The van der Waals surface area contributed by atoms with Crippen LogP contribution in [-0.2, 0) is 53.3 Å². The molecule has 0 aromatic heterocycles. The molecular weight excluding hydrogens is 767 g/mol. The summed E-state index contributed by atoms with van der Waals surface area (Å²) in [5.41, 5.74) is 8.00. The van der Waals surface area contributed by atoms with E-state index in [-0.39, 0.29) is 68.7 Å². The van der Waals surface area contributed by atoms with Gasteiger partial charge < -0.3 is 44.3 Å². The van der Waals surface area contributed by atoms with E-state index in [0.717, 1.165) is 51.6 Å². The van der Waals surface area contributed by atoms with E-state index in [4.69, 9.17) is 0 Å². The van der Waals surface area contributed by atoms with Crippen LogP contribution in [0.4, 0.5) is 34.1 Å². The zero-order valence-corrected chi connectivity index (χ0v) is 34.1. The zero-order chi connectivity index (χ0) is 32.9. The average molecular weight is 797 g/mol. The van der Waals surface area contributed by atoms with Crippen molar-refractivity contribution in [3.8, 4) is 0 Å². The summed E-state index contributed by atoms with van der Waals surface area (Å²) in [6, 6.07) is 23.6. The molecule has 6 N–H and O–H groups in total. The maximum absolute atomic E-state index is 11.7. The molecule has 3 heterocycles. The van der Waals surface area contributed by atoms with Crippen LogP contribution < -0.4 is 44.3 Å². The molecule has 0 atom stereocenters. The van der Waals surface area contributed by atoms with Gasteiger partial charge in [-0.2, -0.15) is 0 Å². The second kappa shape index (κ2) is 17.5. The molecule has 0 saturated carbocycles. The van der Waals surface area contributed by atoms with Crippen LogP contribution in [0.1, 0.15) is 0 Å². The number of ketones is 3. The first-order valence-corrected chi connectivity index (χ1v) is 15.3. The number of allylic oxidation sites excluding steroid dienone is 15. The molecule has 0 radical (unpaired) electrons. The van der Waals surface area contributed by atoms with Crippen molar-refractivity contribution in [3.63, 3.8) is 0 Å². The number of hydrogen-bond donors (Lipinski definition) is 6. The fraction of sp³-hybridized carbons (Fsp3) is 0. The predicted molar refractivity (Wildman–Crippen MR) is 192 cm³/mol. The van der Waals surface area contributed by atoms with Crippen molar-refractivity contribution < 1.29 is 65.7 Å². The molecule has 12 heteroatoms. The van der Waals surface area contributed by atoms with Crippen LogP contribution in [0.25, 0.3) is 0 Å². The van der Waals surface area contributed by atoms with Gasteiger partial charge in [0.15, 0.2) is 17.3 Å². The Morgan fingerprint density at radius 1 is 0.314 bits per heavy atom. The fourth-order valence-corrected chi connectivity index (χ4v) is 5.43. The van der Waals surface area contributed by atoms with Crippen molar-refractivity contribution in [2.24, 2.45) is 0 Å². The molecule has 9 nitrogen and oxygen atoms in total. The summed E-state index contributed by atoms with van der Waals surface area (Å²) in [6.07, 6.45) is 20.9. The molecule has 51 heavy (non-hydrogen) atoms. The third kappa shape index (κ3) is 8.70. The molecular formula is C39H30ClN6O3Zn2-. The number of anilines is 6. The Balaban J connectivity index is 0.000000167. The van der Waals surface area contributed by atoms with Crippen LogP contribution >= 0.6 is 0 Å². The van der Waals surface area contributed by atoms with Gasteiger partial charge in [-0.3, -0.25) is 14.4 Å². The van der Waals surface area contributed by atoms with Gasteiger partial charge in [-0.05, 0) is 72.9 Å². The largest absolute Gasteiger partial charge is 1.00 e. The summed E-state index contributed by atoms with van der Waals surface area (Å²) in [4.78, 5) is 35.0. The van der Waals surface area contributed by atoms with Gasteiger partial charge in [-0.1, -0.05) is 72.9 Å². The maximum atomic E-state index is 11.7. The van der Waals surface area contributed by atoms with Crippen molar-refractivity contribution in [2.45, 2.75) is 0 Å². The third-order valence-corrected chi connectivity index (χ3v) is 7.81. The Hall–Kier alpha value is -5.33. The van der Waals surface area contributed by atoms with Gasteiger partial charge in [0.2, 0.25) is 0 Å². The molecule has 0 saturated heterocycles. The van der Waals surface area contributed by atoms with E-state index in [1.807, 2.05) is 109 Å². The van der Waals surface area contributed by atoms with Gasteiger partial charge in [0.1, 0.15) is 17.5 Å². The molecule has 0 unspecified atom stereocenters. The number of para-hydroxylation sites is 6. The van der Waals surface area contributed by atoms with E-state index in [1.165, 1.54) is 0 Å². The molecule has 3 aliphatic heterocycles. The normalized spacial score (nSPS) is 16.1. The summed E-state index contributed by atoms with van der Waals surface area (Å²) in [5, 5.41) is 19.2. The number of rotatable bonds is 0. The Bertz CT molecular complexity index is 1840. The molecule has 0 bridgehead atoms. The van der Waals surface area contributed by atoms with Crippen LogP contribution in [-0.4, -0.2) is 17.3 Å². The smallest absolute Gasteiger partial charge is 0.189 e. The van der Waals surface area contributed by atoms with E-state index >= 15 is 0 Å². The number of hydrogen-bond acceptors (Lipinski definition) is 9. The summed E-state index contributed by atoms with van der Waals surface area (Å²) in [5.74, 6) is 2.33. The molecule has 0 amide bonds. The van der Waals surface area contributed by atoms with Crippen LogP contribution in [0, 0.1) is 0 Å². The van der Waals surface area contributed by atoms with E-state index in [1.54, 1.807) is 36.5 Å². The monoisotopic (exact) mass is 793 g/mol. The Kier molecular flexibility index (Phi) is 13.2. The molecule has 246 valence electrons. The fourth-order valence-electron chi connectivity index (χ4n) is 5.43. The first-order chi connectivity index (χ1) is 23.5. The van der Waals surface area contributed by atoms with Gasteiger partial charge in [0, 0.05) is 39.0 Å². The summed E-state index contributed by atoms with van der Waals surface area (Å²) in [7, 11) is 0. The second-order valence-electron chi connectivity index (χ2n) is 11.0.